The third-order valence-corrected chi connectivity index (χ3v) is 8.16. The van der Waals surface area contributed by atoms with Crippen LogP contribution in [0.25, 0.3) is 72.8 Å². The molecular weight excluding hydrogens is 573 g/mol. The molecule has 1 heterocycles. The zero-order valence-corrected chi connectivity index (χ0v) is 26.1. The maximum Gasteiger partial charge on any atom is 0.164 e. The van der Waals surface area contributed by atoms with Crippen molar-refractivity contribution < 1.29 is 0 Å². The average molecular weight is 605 g/mol. The van der Waals surface area contributed by atoms with Crippen LogP contribution in [0.1, 0.15) is 12.5 Å². The van der Waals surface area contributed by atoms with Gasteiger partial charge in [-0.05, 0) is 81.4 Å². The van der Waals surface area contributed by atoms with Crippen molar-refractivity contribution in [2.24, 2.45) is 4.99 Å². The molecule has 0 aliphatic heterocycles. The summed E-state index contributed by atoms with van der Waals surface area (Å²) in [5, 5.41) is 2.39. The van der Waals surface area contributed by atoms with Gasteiger partial charge in [-0.3, -0.25) is 4.99 Å². The van der Waals surface area contributed by atoms with Crippen LogP contribution in [0.5, 0.6) is 0 Å². The second-order valence-electron chi connectivity index (χ2n) is 11.3. The van der Waals surface area contributed by atoms with E-state index in [0.29, 0.717) is 17.5 Å². The number of rotatable bonds is 8. The van der Waals surface area contributed by atoms with Gasteiger partial charge in [-0.1, -0.05) is 128 Å². The fourth-order valence-corrected chi connectivity index (χ4v) is 5.75. The summed E-state index contributed by atoms with van der Waals surface area (Å²) in [7, 11) is 0. The number of aliphatic imine (C=N–C) groups is 1. The topological polar surface area (TPSA) is 51.0 Å². The van der Waals surface area contributed by atoms with Gasteiger partial charge in [-0.2, -0.15) is 0 Å². The van der Waals surface area contributed by atoms with E-state index in [2.05, 4.69) is 103 Å². The highest BCUT2D eigenvalue weighted by molar-refractivity contribution is 5.98. The number of allylic oxidation sites excluding steroid dienone is 2. The van der Waals surface area contributed by atoms with Crippen molar-refractivity contribution in [1.82, 2.24) is 15.0 Å². The molecular formula is C43H32N4. The maximum absolute atomic E-state index is 5.06. The molecule has 0 saturated carbocycles. The molecule has 0 spiro atoms. The summed E-state index contributed by atoms with van der Waals surface area (Å²) in [6.45, 7) is 5.76. The zero-order valence-electron chi connectivity index (χ0n) is 26.1. The molecule has 0 bridgehead atoms. The van der Waals surface area contributed by atoms with Crippen LogP contribution < -0.4 is 0 Å². The van der Waals surface area contributed by atoms with Crippen LogP contribution in [0.2, 0.25) is 0 Å². The Morgan fingerprint density at radius 2 is 1.09 bits per heavy atom. The molecule has 47 heavy (non-hydrogen) atoms. The van der Waals surface area contributed by atoms with E-state index in [0.717, 1.165) is 50.1 Å². The van der Waals surface area contributed by atoms with Gasteiger partial charge in [0.2, 0.25) is 0 Å². The van der Waals surface area contributed by atoms with Crippen molar-refractivity contribution in [2.75, 3.05) is 0 Å². The first-order chi connectivity index (χ1) is 23.2. The monoisotopic (exact) mass is 604 g/mol. The highest BCUT2D eigenvalue weighted by Crippen LogP contribution is 2.36. The van der Waals surface area contributed by atoms with Gasteiger partial charge >= 0.3 is 0 Å². The van der Waals surface area contributed by atoms with Crippen LogP contribution in [-0.4, -0.2) is 21.2 Å². The molecule has 0 aliphatic rings. The molecule has 4 nitrogen and oxygen atoms in total. The molecule has 7 aromatic rings. The van der Waals surface area contributed by atoms with Crippen molar-refractivity contribution in [3.05, 3.63) is 170 Å². The van der Waals surface area contributed by atoms with E-state index in [1.54, 1.807) is 6.21 Å². The predicted molar refractivity (Wildman–Crippen MR) is 197 cm³/mol. The maximum atomic E-state index is 5.06. The molecule has 0 aliphatic carbocycles. The van der Waals surface area contributed by atoms with Gasteiger partial charge in [-0.25, -0.2) is 15.0 Å². The number of fused-ring (bicyclic) bond motifs is 1. The summed E-state index contributed by atoms with van der Waals surface area (Å²) in [4.78, 5) is 19.2. The van der Waals surface area contributed by atoms with Gasteiger partial charge in [0.25, 0.3) is 0 Å². The van der Waals surface area contributed by atoms with E-state index in [4.69, 9.17) is 15.0 Å². The smallest absolute Gasteiger partial charge is 0.164 e. The number of hydrogen-bond acceptors (Lipinski definition) is 4. The Morgan fingerprint density at radius 1 is 0.532 bits per heavy atom. The van der Waals surface area contributed by atoms with Crippen molar-refractivity contribution in [3.63, 3.8) is 0 Å². The van der Waals surface area contributed by atoms with E-state index in [9.17, 15) is 0 Å². The normalized spacial score (nSPS) is 11.6. The summed E-state index contributed by atoms with van der Waals surface area (Å²) in [6.07, 6.45) is 5.30. The minimum Gasteiger partial charge on any atom is -0.265 e. The largest absolute Gasteiger partial charge is 0.265 e. The minimum atomic E-state index is 0.619. The Balaban J connectivity index is 1.46. The lowest BCUT2D eigenvalue weighted by Crippen LogP contribution is -2.00. The molecule has 0 radical (unpaired) electrons. The standard InChI is InChI=1S/C43H32N4/c1-3-44-25-24-30(2)34-20-12-21-35(26-34)36-27-37(40-23-13-19-31-14-10-11-22-39(31)40)29-38(28-36)43-46-41(32-15-6-4-7-16-32)45-42(47-43)33-17-8-5-9-18-33/h3-29H,1H2,2H3/b30-24+,44-25-. The lowest BCUT2D eigenvalue weighted by molar-refractivity contribution is 1.07. The zero-order chi connectivity index (χ0) is 32.0. The fourth-order valence-electron chi connectivity index (χ4n) is 5.75. The molecule has 6 aromatic carbocycles. The average Bonchev–Trinajstić information content (AvgIpc) is 3.15. The predicted octanol–water partition coefficient (Wildman–Crippen LogP) is 11.0. The van der Waals surface area contributed by atoms with Crippen LogP contribution in [0.3, 0.4) is 0 Å². The van der Waals surface area contributed by atoms with E-state index >= 15 is 0 Å². The Morgan fingerprint density at radius 3 is 1.79 bits per heavy atom. The summed E-state index contributed by atoms with van der Waals surface area (Å²) in [5.74, 6) is 1.89. The van der Waals surface area contributed by atoms with Crippen LogP contribution >= 0.6 is 0 Å². The van der Waals surface area contributed by atoms with E-state index < -0.39 is 0 Å². The van der Waals surface area contributed by atoms with E-state index in [1.165, 1.54) is 17.0 Å². The third-order valence-electron chi connectivity index (χ3n) is 8.16. The molecule has 0 atom stereocenters. The molecule has 0 saturated heterocycles. The quantitative estimate of drug-likeness (QED) is 0.162. The van der Waals surface area contributed by atoms with Crippen LogP contribution in [0.4, 0.5) is 0 Å². The van der Waals surface area contributed by atoms with Crippen LogP contribution in [-0.2, 0) is 0 Å². The van der Waals surface area contributed by atoms with Gasteiger partial charge in [0, 0.05) is 29.1 Å². The number of hydrogen-bond donors (Lipinski definition) is 0. The first kappa shape index (κ1) is 29.5. The molecule has 224 valence electrons. The molecule has 0 unspecified atom stereocenters. The highest BCUT2D eigenvalue weighted by Gasteiger charge is 2.16. The second-order valence-corrected chi connectivity index (χ2v) is 11.3. The van der Waals surface area contributed by atoms with Crippen molar-refractivity contribution in [3.8, 4) is 56.4 Å². The molecule has 0 amide bonds. The minimum absolute atomic E-state index is 0.619. The number of nitrogens with zero attached hydrogens (tertiary/aromatic N) is 4. The van der Waals surface area contributed by atoms with Gasteiger partial charge in [0.1, 0.15) is 0 Å². The Hall–Kier alpha value is -6.26. The van der Waals surface area contributed by atoms with Gasteiger partial charge < -0.3 is 0 Å². The second kappa shape index (κ2) is 13.4. The molecule has 0 fully saturated rings. The summed E-state index contributed by atoms with van der Waals surface area (Å²) >= 11 is 0. The van der Waals surface area contributed by atoms with Crippen molar-refractivity contribution >= 4 is 22.6 Å². The summed E-state index contributed by atoms with van der Waals surface area (Å²) in [6, 6.07) is 50.4. The van der Waals surface area contributed by atoms with E-state index in [-0.39, 0.29) is 0 Å². The number of benzene rings is 6. The Bertz CT molecular complexity index is 2210. The summed E-state index contributed by atoms with van der Waals surface area (Å²) in [5.41, 5.74) is 9.43. The molecule has 4 heteroatoms. The van der Waals surface area contributed by atoms with Crippen LogP contribution in [0, 0.1) is 0 Å². The fraction of sp³-hybridized carbons (Fsp3) is 0.0233. The van der Waals surface area contributed by atoms with Crippen LogP contribution in [0.15, 0.2) is 169 Å². The highest BCUT2D eigenvalue weighted by atomic mass is 15.0. The van der Waals surface area contributed by atoms with Gasteiger partial charge in [0.15, 0.2) is 17.5 Å². The van der Waals surface area contributed by atoms with Gasteiger partial charge in [-0.15, -0.1) is 0 Å². The molecule has 7 rings (SSSR count). The Labute approximate surface area is 275 Å². The first-order valence-electron chi connectivity index (χ1n) is 15.6. The molecule has 1 aromatic heterocycles. The summed E-state index contributed by atoms with van der Waals surface area (Å²) < 4.78 is 0. The molecule has 0 N–H and O–H groups in total. The van der Waals surface area contributed by atoms with Crippen molar-refractivity contribution in [1.29, 1.82) is 0 Å². The SMILES string of the molecule is C=C/N=C\C=C(/C)c1cccc(-c2cc(-c3nc(-c4ccccc4)nc(-c4ccccc4)n3)cc(-c3cccc4ccccc34)c2)c1. The first-order valence-corrected chi connectivity index (χ1v) is 15.6. The number of aromatic nitrogens is 3. The van der Waals surface area contributed by atoms with Crippen molar-refractivity contribution in [2.45, 2.75) is 6.92 Å². The van der Waals surface area contributed by atoms with Gasteiger partial charge in [0.05, 0.1) is 0 Å². The third kappa shape index (κ3) is 6.44. The lowest BCUT2D eigenvalue weighted by Gasteiger charge is -2.14. The lowest BCUT2D eigenvalue weighted by atomic mass is 9.92. The van der Waals surface area contributed by atoms with E-state index in [1.807, 2.05) is 66.7 Å². The Kier molecular flexibility index (Phi) is 8.39.